The van der Waals surface area contributed by atoms with Crippen molar-refractivity contribution in [2.75, 3.05) is 0 Å². The second-order valence-corrected chi connectivity index (χ2v) is 14.7. The third-order valence-electron chi connectivity index (χ3n) is 13.7. The predicted molar refractivity (Wildman–Crippen MR) is 132 cm³/mol. The first kappa shape index (κ1) is 23.4. The minimum atomic E-state index is -0.199. The molecule has 0 aliphatic heterocycles. The van der Waals surface area contributed by atoms with Gasteiger partial charge in [-0.25, -0.2) is 0 Å². The van der Waals surface area contributed by atoms with Crippen LogP contribution in [0.4, 0.5) is 0 Å². The van der Waals surface area contributed by atoms with E-state index in [0.717, 1.165) is 25.7 Å². The van der Waals surface area contributed by atoms with Gasteiger partial charge in [-0.15, -0.1) is 0 Å². The number of rotatable bonds is 0. The molecule has 2 nitrogen and oxygen atoms in total. The van der Waals surface area contributed by atoms with Crippen LogP contribution in [0, 0.1) is 56.7 Å². The Bertz CT molecular complexity index is 801. The molecule has 5 fully saturated rings. The van der Waals surface area contributed by atoms with Crippen LogP contribution in [0.1, 0.15) is 106 Å². The quantitative estimate of drug-likeness (QED) is 0.397. The summed E-state index contributed by atoms with van der Waals surface area (Å²) in [5.41, 5.74) is 2.23. The Hall–Kier alpha value is -0.340. The molecule has 0 bridgehead atoms. The first-order valence-corrected chi connectivity index (χ1v) is 13.8. The number of hydrogen-bond donors (Lipinski definition) is 2. The van der Waals surface area contributed by atoms with E-state index in [-0.39, 0.29) is 33.9 Å². The highest BCUT2D eigenvalue weighted by Crippen LogP contribution is 2.76. The number of aliphatic hydroxyl groups excluding tert-OH is 2. The minimum Gasteiger partial charge on any atom is -0.393 e. The van der Waals surface area contributed by atoms with E-state index in [9.17, 15) is 10.2 Å². The zero-order valence-corrected chi connectivity index (χ0v) is 22.0. The van der Waals surface area contributed by atoms with Gasteiger partial charge >= 0.3 is 0 Å². The first-order chi connectivity index (χ1) is 14.7. The highest BCUT2D eigenvalue weighted by Gasteiger charge is 2.71. The standard InChI is InChI=1S/C30H50O2/c1-18-11-14-28(6)24(32)17-30(8)20(25(28)19(18)2)9-10-22-27(5)15-13-23(31)26(3,4)21(27)12-16-29(22,30)7/h19-25,31-32H,1,9-17H2,2-8H3/t19-,20+,21-,22+,23-,24-,25-,27-,28+,29+,30+/m0/s1. The molecule has 2 N–H and O–H groups in total. The SMILES string of the molecule is C=C1CC[C@@]2(C)[C@H]([C@H]3CC[C@@H]4[C@@]5(C)CC[C@H](O)C(C)(C)[C@@H]5CC[C@@]4(C)[C@]3(C)C[C@@H]2O)[C@H]1C. The minimum absolute atomic E-state index is 0.00631. The van der Waals surface area contributed by atoms with Gasteiger partial charge in [0.05, 0.1) is 12.2 Å². The maximum atomic E-state index is 11.7. The van der Waals surface area contributed by atoms with Crippen LogP contribution in [0.5, 0.6) is 0 Å². The van der Waals surface area contributed by atoms with Gasteiger partial charge in [0.1, 0.15) is 0 Å². The zero-order chi connectivity index (χ0) is 23.5. The lowest BCUT2D eigenvalue weighted by Gasteiger charge is -2.74. The van der Waals surface area contributed by atoms with Gasteiger partial charge in [-0.3, -0.25) is 0 Å². The van der Waals surface area contributed by atoms with E-state index in [2.05, 4.69) is 55.0 Å². The maximum absolute atomic E-state index is 11.7. The Morgan fingerprint density at radius 1 is 0.750 bits per heavy atom. The number of aliphatic hydroxyl groups is 2. The lowest BCUT2D eigenvalue weighted by molar-refractivity contribution is -0.269. The molecule has 0 spiro atoms. The summed E-state index contributed by atoms with van der Waals surface area (Å²) in [5, 5.41) is 22.6. The topological polar surface area (TPSA) is 40.5 Å². The third kappa shape index (κ3) is 2.61. The monoisotopic (exact) mass is 442 g/mol. The average Bonchev–Trinajstić information content (AvgIpc) is 2.70. The summed E-state index contributed by atoms with van der Waals surface area (Å²) >= 11 is 0. The van der Waals surface area contributed by atoms with Crippen LogP contribution in [-0.2, 0) is 0 Å². The molecule has 0 amide bonds. The largest absolute Gasteiger partial charge is 0.393 e. The Morgan fingerprint density at radius 2 is 1.44 bits per heavy atom. The first-order valence-electron chi connectivity index (χ1n) is 13.8. The van der Waals surface area contributed by atoms with Gasteiger partial charge in [-0.2, -0.15) is 0 Å². The molecule has 182 valence electrons. The van der Waals surface area contributed by atoms with E-state index in [1.165, 1.54) is 37.7 Å². The lowest BCUT2D eigenvalue weighted by atomic mass is 9.31. The third-order valence-corrected chi connectivity index (χ3v) is 13.7. The molecule has 0 aromatic heterocycles. The molecule has 11 atom stereocenters. The number of fused-ring (bicyclic) bond motifs is 7. The number of hydrogen-bond acceptors (Lipinski definition) is 2. The van der Waals surface area contributed by atoms with Crippen LogP contribution in [0.3, 0.4) is 0 Å². The van der Waals surface area contributed by atoms with Gasteiger partial charge in [0.15, 0.2) is 0 Å². The van der Waals surface area contributed by atoms with E-state index < -0.39 is 0 Å². The van der Waals surface area contributed by atoms with E-state index in [0.29, 0.717) is 35.0 Å². The molecule has 0 heterocycles. The second kappa shape index (κ2) is 6.87. The number of allylic oxidation sites excluding steroid dienone is 1. The fourth-order valence-corrected chi connectivity index (χ4v) is 11.4. The van der Waals surface area contributed by atoms with E-state index >= 15 is 0 Å². The molecule has 5 aliphatic carbocycles. The molecule has 5 aliphatic rings. The molecular weight excluding hydrogens is 392 g/mol. The molecule has 0 unspecified atom stereocenters. The molecule has 2 heteroatoms. The van der Waals surface area contributed by atoms with E-state index in [1.54, 1.807) is 0 Å². The molecule has 0 aromatic rings. The van der Waals surface area contributed by atoms with Gasteiger partial charge in [0.2, 0.25) is 0 Å². The smallest absolute Gasteiger partial charge is 0.0602 e. The van der Waals surface area contributed by atoms with Crippen LogP contribution < -0.4 is 0 Å². The van der Waals surface area contributed by atoms with Crippen LogP contribution in [0.2, 0.25) is 0 Å². The summed E-state index contributed by atoms with van der Waals surface area (Å²) in [6.07, 6.45) is 10.1. The highest BCUT2D eigenvalue weighted by atomic mass is 16.3. The van der Waals surface area contributed by atoms with Gasteiger partial charge < -0.3 is 10.2 Å². The van der Waals surface area contributed by atoms with Crippen molar-refractivity contribution in [2.24, 2.45) is 56.7 Å². The Balaban J connectivity index is 1.57. The lowest BCUT2D eigenvalue weighted by Crippen LogP contribution is -2.69. The summed E-state index contributed by atoms with van der Waals surface area (Å²) in [7, 11) is 0. The van der Waals surface area contributed by atoms with Crippen molar-refractivity contribution in [3.8, 4) is 0 Å². The molecular formula is C30H50O2. The maximum Gasteiger partial charge on any atom is 0.0602 e. The zero-order valence-electron chi connectivity index (χ0n) is 22.0. The predicted octanol–water partition coefficient (Wildman–Crippen LogP) is 7.00. The Kier molecular flexibility index (Phi) is 5.02. The second-order valence-electron chi connectivity index (χ2n) is 14.7. The van der Waals surface area contributed by atoms with Crippen molar-refractivity contribution in [3.05, 3.63) is 12.2 Å². The molecule has 0 saturated heterocycles. The summed E-state index contributed by atoms with van der Waals surface area (Å²) in [6.45, 7) is 21.8. The van der Waals surface area contributed by atoms with Crippen molar-refractivity contribution in [1.29, 1.82) is 0 Å². The summed E-state index contributed by atoms with van der Waals surface area (Å²) in [6, 6.07) is 0. The average molecular weight is 443 g/mol. The van der Waals surface area contributed by atoms with Crippen molar-refractivity contribution in [2.45, 2.75) is 118 Å². The van der Waals surface area contributed by atoms with Crippen molar-refractivity contribution < 1.29 is 10.2 Å². The fraction of sp³-hybridized carbons (Fsp3) is 0.933. The van der Waals surface area contributed by atoms with Crippen molar-refractivity contribution >= 4 is 0 Å². The molecule has 5 saturated carbocycles. The Labute approximate surface area is 197 Å². The van der Waals surface area contributed by atoms with Crippen LogP contribution in [-0.4, -0.2) is 22.4 Å². The van der Waals surface area contributed by atoms with Gasteiger partial charge in [-0.05, 0) is 114 Å². The van der Waals surface area contributed by atoms with Gasteiger partial charge in [-0.1, -0.05) is 60.6 Å². The normalized spacial score (nSPS) is 59.4. The highest BCUT2D eigenvalue weighted by molar-refractivity contribution is 5.22. The van der Waals surface area contributed by atoms with Crippen molar-refractivity contribution in [3.63, 3.8) is 0 Å². The van der Waals surface area contributed by atoms with Crippen LogP contribution in [0.15, 0.2) is 12.2 Å². The molecule has 0 aromatic carbocycles. The summed E-state index contributed by atoms with van der Waals surface area (Å²) in [5.74, 6) is 3.06. The molecule has 5 rings (SSSR count). The summed E-state index contributed by atoms with van der Waals surface area (Å²) in [4.78, 5) is 0. The van der Waals surface area contributed by atoms with Gasteiger partial charge in [0.25, 0.3) is 0 Å². The van der Waals surface area contributed by atoms with E-state index in [4.69, 9.17) is 0 Å². The van der Waals surface area contributed by atoms with Crippen molar-refractivity contribution in [1.82, 2.24) is 0 Å². The van der Waals surface area contributed by atoms with Crippen LogP contribution >= 0.6 is 0 Å². The molecule has 0 radical (unpaired) electrons. The summed E-state index contributed by atoms with van der Waals surface area (Å²) < 4.78 is 0. The Morgan fingerprint density at radius 3 is 2.12 bits per heavy atom. The molecule has 32 heavy (non-hydrogen) atoms. The fourth-order valence-electron chi connectivity index (χ4n) is 11.4. The van der Waals surface area contributed by atoms with Gasteiger partial charge in [0, 0.05) is 0 Å². The van der Waals surface area contributed by atoms with E-state index in [1.807, 2.05) is 0 Å². The van der Waals surface area contributed by atoms with Crippen LogP contribution in [0.25, 0.3) is 0 Å².